The Kier molecular flexibility index (Phi) is 26.3. The molecule has 0 saturated heterocycles. The number of terminal acetylenes is 1. The molecule has 2 amide bonds. The summed E-state index contributed by atoms with van der Waals surface area (Å²) in [5, 5.41) is 10.9. The molecule has 0 bridgehead atoms. The van der Waals surface area contributed by atoms with Crippen LogP contribution < -0.4 is 0 Å². The van der Waals surface area contributed by atoms with Gasteiger partial charge in [0.25, 0.3) is 11.8 Å². The highest BCUT2D eigenvalue weighted by molar-refractivity contribution is 7.26. The lowest BCUT2D eigenvalue weighted by molar-refractivity contribution is -0.124. The van der Waals surface area contributed by atoms with Gasteiger partial charge in [-0.15, -0.1) is 51.8 Å². The Morgan fingerprint density at radius 3 is 1.38 bits per heavy atom. The van der Waals surface area contributed by atoms with Crippen LogP contribution in [0.15, 0.2) is 83.9 Å². The maximum absolute atomic E-state index is 16.2. The van der Waals surface area contributed by atoms with Crippen LogP contribution in [0.5, 0.6) is 0 Å². The Morgan fingerprint density at radius 2 is 0.851 bits per heavy atom. The van der Waals surface area contributed by atoms with Crippen LogP contribution in [0.25, 0.3) is 73.6 Å². The van der Waals surface area contributed by atoms with Gasteiger partial charge >= 0.3 is 0 Å². The third kappa shape index (κ3) is 16.9. The van der Waals surface area contributed by atoms with E-state index < -0.39 is 0 Å². The molecule has 0 spiro atoms. The van der Waals surface area contributed by atoms with Crippen molar-refractivity contribution in [2.24, 2.45) is 11.8 Å². The molecule has 0 saturated carbocycles. The fraction of sp³-hybridized carbons (Fsp3) is 0.465. The van der Waals surface area contributed by atoms with Crippen molar-refractivity contribution in [1.29, 1.82) is 0 Å². The number of hydrogen-bond acceptors (Lipinski definition) is 6. The fourth-order valence-corrected chi connectivity index (χ4v) is 18.6. The van der Waals surface area contributed by atoms with E-state index in [-0.39, 0.29) is 17.7 Å². The molecule has 0 radical (unpaired) electrons. The van der Waals surface area contributed by atoms with E-state index in [2.05, 4.69) is 179 Å². The Hall–Kier alpha value is -6.80. The summed E-state index contributed by atoms with van der Waals surface area (Å²) < 4.78 is 2.64. The minimum atomic E-state index is -0.199. The lowest BCUT2D eigenvalue weighted by Gasteiger charge is -2.28. The second kappa shape index (κ2) is 35.3. The number of rotatable bonds is 36. The van der Waals surface area contributed by atoms with Gasteiger partial charge in [0.05, 0.1) is 32.3 Å². The average Bonchev–Trinajstić information content (AvgIpc) is 1.47. The number of unbranched alkanes of at least 4 members (excludes halogenated alkanes) is 19. The van der Waals surface area contributed by atoms with E-state index in [4.69, 9.17) is 6.42 Å². The van der Waals surface area contributed by atoms with Gasteiger partial charge in [0.1, 0.15) is 0 Å². The molecular formula is C86H98N2O2S4. The maximum atomic E-state index is 16.2. The second-order valence-corrected chi connectivity index (χ2v) is 31.3. The third-order valence-corrected chi connectivity index (χ3v) is 23.8. The van der Waals surface area contributed by atoms with Crippen molar-refractivity contribution in [2.75, 3.05) is 13.1 Å². The molecule has 4 aromatic heterocycles. The first-order valence-corrected chi connectivity index (χ1v) is 39.4. The van der Waals surface area contributed by atoms with Gasteiger partial charge in [-0.25, -0.2) is 0 Å². The molecule has 4 aromatic carbocycles. The number of carbonyl (C=O) groups excluding carboxylic acids is 2. The first-order chi connectivity index (χ1) is 46.1. The Balaban J connectivity index is 1.08. The summed E-state index contributed by atoms with van der Waals surface area (Å²) in [6.07, 6.45) is 39.4. The van der Waals surface area contributed by atoms with Gasteiger partial charge < -0.3 is 9.80 Å². The number of benzene rings is 4. The molecule has 4 nitrogen and oxygen atoms in total. The molecule has 10 rings (SSSR count). The van der Waals surface area contributed by atoms with Crippen LogP contribution in [-0.4, -0.2) is 34.7 Å². The summed E-state index contributed by atoms with van der Waals surface area (Å²) in [6.45, 7) is 16.8. The van der Waals surface area contributed by atoms with E-state index in [0.29, 0.717) is 30.2 Å². The summed E-state index contributed by atoms with van der Waals surface area (Å²) in [4.78, 5) is 43.1. The highest BCUT2D eigenvalue weighted by atomic mass is 32.1. The molecule has 0 N–H and O–H groups in total. The summed E-state index contributed by atoms with van der Waals surface area (Å²) >= 11 is 7.16. The van der Waals surface area contributed by atoms with Crippen LogP contribution in [0, 0.1) is 85.4 Å². The van der Waals surface area contributed by atoms with Gasteiger partial charge in [0.15, 0.2) is 0 Å². The summed E-state index contributed by atoms with van der Waals surface area (Å²) in [5.74, 6) is 25.3. The standard InChI is InChI=1S/C86H98N2O2S4/c1-9-15-21-25-29-31-35-39-43-63(41-37-33-27-23-17-11-3)59-87-83(76-50-47-61(7)91-76)81-82(86(87)90)84(88(85(81)89)60-64(42-38-34-28-24-18-12-4)44-40-36-32-30-26-22-16-10-2)77-54-53-75(94-77)78-58-72-74(93-78)52-49-68-70-56-65(45-19-13-5)79-67(48-51-73-71(79)55-62(8)92-73)69(70)57-66(80(68)72)46-20-14-6/h2,47-58,63-64H,9,11-15,17-21,23-25,27-29,31,33-35,37-39,41-43,45-46,59-60H2,1,3-8H3. The summed E-state index contributed by atoms with van der Waals surface area (Å²) in [6, 6.07) is 28.3. The lowest BCUT2D eigenvalue weighted by atomic mass is 9.87. The molecule has 2 unspecified atom stereocenters. The van der Waals surface area contributed by atoms with Crippen molar-refractivity contribution < 1.29 is 9.59 Å². The van der Waals surface area contributed by atoms with Crippen LogP contribution in [0.4, 0.5) is 0 Å². The molecule has 2 aliphatic rings. The largest absolute Gasteiger partial charge is 0.306 e. The smallest absolute Gasteiger partial charge is 0.261 e. The van der Waals surface area contributed by atoms with Crippen molar-refractivity contribution in [1.82, 2.24) is 9.80 Å². The molecule has 6 heterocycles. The Bertz CT molecular complexity index is 4360. The van der Waals surface area contributed by atoms with E-state index in [1.807, 2.05) is 27.6 Å². The monoisotopic (exact) mass is 1320 g/mol. The highest BCUT2D eigenvalue weighted by Crippen LogP contribution is 2.52. The number of fused-ring (bicyclic) bond motifs is 10. The first kappa shape index (κ1) is 70.0. The van der Waals surface area contributed by atoms with Crippen LogP contribution in [-0.2, 0) is 22.4 Å². The predicted octanol–water partition coefficient (Wildman–Crippen LogP) is 24.4. The minimum absolute atomic E-state index is 0.0442. The van der Waals surface area contributed by atoms with Gasteiger partial charge in [0, 0.05) is 58.7 Å². The first-order valence-electron chi connectivity index (χ1n) is 36.1. The van der Waals surface area contributed by atoms with E-state index in [9.17, 15) is 0 Å². The number of nitrogens with zero attached hydrogens (tertiary/aromatic N) is 2. The number of aryl methyl sites for hydroxylation is 4. The average molecular weight is 1320 g/mol. The predicted molar refractivity (Wildman–Crippen MR) is 411 cm³/mol. The molecular weight excluding hydrogens is 1220 g/mol. The number of carbonyl (C=O) groups is 2. The fourth-order valence-electron chi connectivity index (χ4n) is 14.5. The van der Waals surface area contributed by atoms with Crippen LogP contribution >= 0.6 is 45.3 Å². The van der Waals surface area contributed by atoms with Crippen molar-refractivity contribution in [3.63, 3.8) is 0 Å². The van der Waals surface area contributed by atoms with E-state index >= 15 is 9.59 Å². The Labute approximate surface area is 579 Å². The molecule has 94 heavy (non-hydrogen) atoms. The summed E-state index contributed by atoms with van der Waals surface area (Å²) in [7, 11) is 0. The van der Waals surface area contributed by atoms with Gasteiger partial charge in [-0.05, 0) is 216 Å². The minimum Gasteiger partial charge on any atom is -0.306 e. The van der Waals surface area contributed by atoms with Gasteiger partial charge in [0.2, 0.25) is 0 Å². The second-order valence-electron chi connectivity index (χ2n) is 26.6. The molecule has 0 aliphatic carbocycles. The zero-order valence-electron chi connectivity index (χ0n) is 57.4. The highest BCUT2D eigenvalue weighted by Gasteiger charge is 2.50. The van der Waals surface area contributed by atoms with Crippen molar-refractivity contribution in [2.45, 2.75) is 235 Å². The van der Waals surface area contributed by atoms with Crippen molar-refractivity contribution in [3.8, 4) is 69.5 Å². The maximum Gasteiger partial charge on any atom is 0.261 e. The van der Waals surface area contributed by atoms with Gasteiger partial charge in [-0.2, -0.15) is 0 Å². The number of amides is 2. The van der Waals surface area contributed by atoms with Crippen LogP contribution in [0.2, 0.25) is 0 Å². The van der Waals surface area contributed by atoms with E-state index in [1.165, 1.54) is 170 Å². The SMILES string of the molecule is C#CC#CC#CC#CC#CC(CCCCCCCC)CN1C(=O)C2=C(c3ccc(C)s3)N(CC(CCCCCCCC)CCCCCCCCCC)C(=O)C2=C1c1ccc(-c2cc3c(ccc4c5cc(CCCC)c6c7cc(C)sc7ccc6c5cc(CCCC)c34)s2)s1. The van der Waals surface area contributed by atoms with Crippen molar-refractivity contribution >= 4 is 121 Å². The van der Waals surface area contributed by atoms with Crippen molar-refractivity contribution in [3.05, 3.63) is 115 Å². The zero-order valence-corrected chi connectivity index (χ0v) is 60.7. The van der Waals surface area contributed by atoms with E-state index in [1.54, 1.807) is 22.7 Å². The zero-order chi connectivity index (χ0) is 65.8. The molecule has 2 aliphatic heterocycles. The van der Waals surface area contributed by atoms with Gasteiger partial charge in [-0.1, -0.05) is 194 Å². The summed E-state index contributed by atoms with van der Waals surface area (Å²) in [5.41, 5.74) is 5.50. The lowest BCUT2D eigenvalue weighted by Crippen LogP contribution is -2.34. The topological polar surface area (TPSA) is 40.6 Å². The number of thiophene rings is 4. The number of hydrogen-bond donors (Lipinski definition) is 0. The normalized spacial score (nSPS) is 13.6. The Morgan fingerprint density at radius 1 is 0.394 bits per heavy atom. The molecule has 0 fully saturated rings. The third-order valence-electron chi connectivity index (χ3n) is 19.4. The molecule has 8 aromatic rings. The van der Waals surface area contributed by atoms with Crippen LogP contribution in [0.3, 0.4) is 0 Å². The quantitative estimate of drug-likeness (QED) is 0.0223. The van der Waals surface area contributed by atoms with E-state index in [0.717, 1.165) is 121 Å². The molecule has 2 atom stereocenters. The van der Waals surface area contributed by atoms with Gasteiger partial charge in [-0.3, -0.25) is 9.59 Å². The molecule has 8 heteroatoms. The van der Waals surface area contributed by atoms with Crippen LogP contribution in [0.1, 0.15) is 239 Å². The molecule has 488 valence electrons.